The van der Waals surface area contributed by atoms with Gasteiger partial charge in [-0.1, -0.05) is 145 Å². The Balaban J connectivity index is 1.87. The summed E-state index contributed by atoms with van der Waals surface area (Å²) in [5.74, 6) is 0. The first-order chi connectivity index (χ1) is 21.5. The van der Waals surface area contributed by atoms with E-state index in [4.69, 9.17) is 0 Å². The van der Waals surface area contributed by atoms with E-state index in [0.29, 0.717) is 0 Å². The van der Waals surface area contributed by atoms with E-state index in [9.17, 15) is 0 Å². The van der Waals surface area contributed by atoms with E-state index in [1.165, 1.54) is 71.2 Å². The fourth-order valence-electron chi connectivity index (χ4n) is 7.52. The van der Waals surface area contributed by atoms with Crippen molar-refractivity contribution in [1.29, 1.82) is 0 Å². The van der Waals surface area contributed by atoms with Gasteiger partial charge >= 0.3 is 0 Å². The zero-order valence-electron chi connectivity index (χ0n) is 27.6. The minimum atomic E-state index is -2.86. The molecule has 1 aliphatic rings. The van der Waals surface area contributed by atoms with Crippen LogP contribution in [0.1, 0.15) is 86.1 Å². The molecule has 0 spiro atoms. The molecule has 1 radical (unpaired) electrons. The first-order valence-corrected chi connectivity index (χ1v) is 19.0. The Hall–Kier alpha value is -3.68. The SMILES string of the molecule is CCc1cc(CC)cc([Si]([C]2c3ccccc3-c3ccccc32)(c2cc(CC)cc(CC)c2)c2cc(CC)cc(CC)c2)c1. The lowest BCUT2D eigenvalue weighted by Gasteiger charge is -2.41. The van der Waals surface area contributed by atoms with Gasteiger partial charge in [0.05, 0.1) is 0 Å². The molecule has 5 aromatic carbocycles. The van der Waals surface area contributed by atoms with Gasteiger partial charge in [-0.25, -0.2) is 0 Å². The number of hydrogen-bond donors (Lipinski definition) is 0. The Bertz CT molecular complexity index is 1540. The van der Waals surface area contributed by atoms with Crippen molar-refractivity contribution in [2.45, 2.75) is 80.1 Å². The third-order valence-electron chi connectivity index (χ3n) is 9.96. The topological polar surface area (TPSA) is 0 Å². The molecule has 0 atom stereocenters. The second-order valence-electron chi connectivity index (χ2n) is 12.5. The zero-order valence-corrected chi connectivity index (χ0v) is 28.6. The smallest absolute Gasteiger partial charge is 0.0619 e. The van der Waals surface area contributed by atoms with E-state index in [-0.39, 0.29) is 0 Å². The van der Waals surface area contributed by atoms with Crippen LogP contribution in [0.3, 0.4) is 0 Å². The molecule has 5 aromatic rings. The maximum atomic E-state index is 2.59. The van der Waals surface area contributed by atoms with Crippen LogP contribution in [0.25, 0.3) is 11.1 Å². The summed E-state index contributed by atoms with van der Waals surface area (Å²) >= 11 is 0. The van der Waals surface area contributed by atoms with E-state index in [0.717, 1.165) is 38.5 Å². The third kappa shape index (κ3) is 5.10. The summed E-state index contributed by atoms with van der Waals surface area (Å²) in [6.07, 6.45) is 6.24. The fourth-order valence-corrected chi connectivity index (χ4v) is 13.0. The van der Waals surface area contributed by atoms with E-state index >= 15 is 0 Å². The first-order valence-electron chi connectivity index (χ1n) is 17.0. The zero-order chi connectivity index (χ0) is 30.8. The summed E-state index contributed by atoms with van der Waals surface area (Å²) in [6, 6.07) is 41.4. The summed E-state index contributed by atoms with van der Waals surface area (Å²) in [5.41, 5.74) is 15.8. The summed E-state index contributed by atoms with van der Waals surface area (Å²) < 4.78 is 0. The highest BCUT2D eigenvalue weighted by Gasteiger charge is 2.52. The van der Waals surface area contributed by atoms with Gasteiger partial charge in [0.2, 0.25) is 0 Å². The lowest BCUT2D eigenvalue weighted by molar-refractivity contribution is 1.09. The Kier molecular flexibility index (Phi) is 8.79. The number of hydrogen-bond acceptors (Lipinski definition) is 0. The third-order valence-corrected chi connectivity index (χ3v) is 14.7. The van der Waals surface area contributed by atoms with Crippen LogP contribution in [-0.4, -0.2) is 8.07 Å². The molecular weight excluding hydrogens is 545 g/mol. The highest BCUT2D eigenvalue weighted by molar-refractivity contribution is 7.16. The molecule has 6 rings (SSSR count). The molecule has 1 aliphatic carbocycles. The molecule has 0 unspecified atom stereocenters. The molecule has 0 saturated heterocycles. The second-order valence-corrected chi connectivity index (χ2v) is 16.2. The van der Waals surface area contributed by atoms with Gasteiger partial charge in [0.25, 0.3) is 0 Å². The average Bonchev–Trinajstić information content (AvgIpc) is 3.42. The van der Waals surface area contributed by atoms with Crippen LogP contribution < -0.4 is 15.6 Å². The minimum Gasteiger partial charge on any atom is -0.0619 e. The van der Waals surface area contributed by atoms with Crippen molar-refractivity contribution in [2.75, 3.05) is 0 Å². The van der Waals surface area contributed by atoms with Gasteiger partial charge in [-0.05, 0) is 110 Å². The molecule has 0 aromatic heterocycles. The number of aryl methyl sites for hydroxylation is 6. The van der Waals surface area contributed by atoms with E-state index in [1.54, 1.807) is 5.54 Å². The van der Waals surface area contributed by atoms with E-state index < -0.39 is 8.07 Å². The van der Waals surface area contributed by atoms with Crippen molar-refractivity contribution >= 4 is 23.6 Å². The summed E-state index contributed by atoms with van der Waals surface area (Å²) in [4.78, 5) is 0. The molecule has 0 N–H and O–H groups in total. The van der Waals surface area contributed by atoms with Crippen molar-refractivity contribution in [2.24, 2.45) is 0 Å². The van der Waals surface area contributed by atoms with Gasteiger partial charge in [-0.15, -0.1) is 0 Å². The molecule has 0 fully saturated rings. The van der Waals surface area contributed by atoms with Crippen LogP contribution in [0.15, 0.2) is 103 Å². The van der Waals surface area contributed by atoms with Gasteiger partial charge in [-0.3, -0.25) is 0 Å². The number of fused-ring (bicyclic) bond motifs is 3. The van der Waals surface area contributed by atoms with Gasteiger partial charge in [0.1, 0.15) is 0 Å². The molecule has 0 saturated carbocycles. The largest absolute Gasteiger partial charge is 0.164 e. The lowest BCUT2D eigenvalue weighted by Crippen LogP contribution is -2.71. The molecule has 0 amide bonds. The van der Waals surface area contributed by atoms with Crippen molar-refractivity contribution < 1.29 is 0 Å². The van der Waals surface area contributed by atoms with Gasteiger partial charge < -0.3 is 0 Å². The molecule has 0 nitrogen and oxygen atoms in total. The molecule has 44 heavy (non-hydrogen) atoms. The van der Waals surface area contributed by atoms with Crippen LogP contribution in [-0.2, 0) is 38.5 Å². The standard InChI is InChI=1S/C43H47Si/c1-7-30-21-31(8-2)25-36(24-30)44(37-26-32(9-3)22-33(10-4)27-37,38-28-34(11-5)23-35(12-6)29-38)43-41-19-15-13-17-39(41)40-18-14-16-20-42(40)43/h13-29H,7-12H2,1-6H3. The van der Waals surface area contributed by atoms with Gasteiger partial charge in [-0.2, -0.15) is 0 Å². The first kappa shape index (κ1) is 30.3. The maximum absolute atomic E-state index is 2.86. The van der Waals surface area contributed by atoms with Crippen molar-refractivity contribution in [3.63, 3.8) is 0 Å². The van der Waals surface area contributed by atoms with Crippen LogP contribution in [0, 0.1) is 5.54 Å². The van der Waals surface area contributed by atoms with Gasteiger partial charge in [0, 0.05) is 5.54 Å². The van der Waals surface area contributed by atoms with Crippen molar-refractivity contribution in [3.8, 4) is 11.1 Å². The predicted octanol–water partition coefficient (Wildman–Crippen LogP) is 8.72. The van der Waals surface area contributed by atoms with E-state index in [1.807, 2.05) is 0 Å². The fraction of sp³-hybridized carbons (Fsp3) is 0.279. The van der Waals surface area contributed by atoms with Crippen LogP contribution >= 0.6 is 0 Å². The van der Waals surface area contributed by atoms with Crippen LogP contribution in [0.5, 0.6) is 0 Å². The lowest BCUT2D eigenvalue weighted by atomic mass is 10.1. The number of benzene rings is 5. The predicted molar refractivity (Wildman–Crippen MR) is 194 cm³/mol. The Morgan fingerprint density at radius 1 is 0.341 bits per heavy atom. The quantitative estimate of drug-likeness (QED) is 0.113. The van der Waals surface area contributed by atoms with Crippen molar-refractivity contribution in [3.05, 3.63) is 153 Å². The molecule has 0 heterocycles. The summed E-state index contributed by atoms with van der Waals surface area (Å²) in [7, 11) is -2.86. The molecule has 223 valence electrons. The second kappa shape index (κ2) is 12.7. The normalized spacial score (nSPS) is 12.8. The van der Waals surface area contributed by atoms with E-state index in [2.05, 4.69) is 145 Å². The Morgan fingerprint density at radius 2 is 0.591 bits per heavy atom. The van der Waals surface area contributed by atoms with Crippen LogP contribution in [0.4, 0.5) is 0 Å². The minimum absolute atomic E-state index is 1.04. The monoisotopic (exact) mass is 591 g/mol. The highest BCUT2D eigenvalue weighted by Crippen LogP contribution is 2.48. The summed E-state index contributed by atoms with van der Waals surface area (Å²) in [6.45, 7) is 13.9. The molecule has 0 bridgehead atoms. The molecular formula is C43H47Si. The van der Waals surface area contributed by atoms with Crippen LogP contribution in [0.2, 0.25) is 0 Å². The molecule has 1 heteroatoms. The van der Waals surface area contributed by atoms with Crippen molar-refractivity contribution in [1.82, 2.24) is 0 Å². The Morgan fingerprint density at radius 3 is 0.841 bits per heavy atom. The molecule has 0 aliphatic heterocycles. The summed E-state index contributed by atoms with van der Waals surface area (Å²) in [5, 5.41) is 4.59. The average molecular weight is 592 g/mol. The van der Waals surface area contributed by atoms with Gasteiger partial charge in [0.15, 0.2) is 8.07 Å². The Labute approximate surface area is 267 Å². The highest BCUT2D eigenvalue weighted by atomic mass is 28.3. The number of rotatable bonds is 10. The maximum Gasteiger partial charge on any atom is 0.164 e.